The molecule has 0 atom stereocenters. The SMILES string of the molecule is C=C(C)C(=O)Oc1cc2ccc(=O)oc2cc1OC(C)(C)C. The summed E-state index contributed by atoms with van der Waals surface area (Å²) >= 11 is 0. The zero-order valence-electron chi connectivity index (χ0n) is 13.1. The van der Waals surface area contributed by atoms with Gasteiger partial charge in [-0.05, 0) is 39.8 Å². The molecule has 0 saturated heterocycles. The van der Waals surface area contributed by atoms with Crippen LogP contribution in [0.1, 0.15) is 27.7 Å². The van der Waals surface area contributed by atoms with Crippen molar-refractivity contribution in [1.29, 1.82) is 0 Å². The largest absolute Gasteiger partial charge is 0.484 e. The number of carbonyl (C=O) groups is 1. The van der Waals surface area contributed by atoms with E-state index in [-0.39, 0.29) is 11.3 Å². The fraction of sp³-hybridized carbons (Fsp3) is 0.294. The highest BCUT2D eigenvalue weighted by molar-refractivity contribution is 5.90. The molecule has 116 valence electrons. The molecule has 0 radical (unpaired) electrons. The number of fused-ring (bicyclic) bond motifs is 1. The molecule has 5 nitrogen and oxygen atoms in total. The molecule has 0 aliphatic rings. The highest BCUT2D eigenvalue weighted by Gasteiger charge is 2.19. The second kappa shape index (κ2) is 5.67. The summed E-state index contributed by atoms with van der Waals surface area (Å²) in [4.78, 5) is 23.1. The zero-order valence-corrected chi connectivity index (χ0v) is 13.1. The first-order valence-corrected chi connectivity index (χ1v) is 6.80. The first-order chi connectivity index (χ1) is 10.2. The number of benzene rings is 1. The van der Waals surface area contributed by atoms with Crippen molar-refractivity contribution in [3.63, 3.8) is 0 Å². The summed E-state index contributed by atoms with van der Waals surface area (Å²) in [5, 5.41) is 0.630. The van der Waals surface area contributed by atoms with Gasteiger partial charge in [-0.2, -0.15) is 0 Å². The van der Waals surface area contributed by atoms with Crippen LogP contribution in [0.3, 0.4) is 0 Å². The Bertz CT molecular complexity index is 793. The third-order valence-corrected chi connectivity index (χ3v) is 2.65. The summed E-state index contributed by atoms with van der Waals surface area (Å²) in [7, 11) is 0. The summed E-state index contributed by atoms with van der Waals surface area (Å²) in [5.74, 6) is 0.0312. The Morgan fingerprint density at radius 1 is 1.18 bits per heavy atom. The Balaban J connectivity index is 2.57. The molecule has 0 saturated carbocycles. The van der Waals surface area contributed by atoms with Crippen LogP contribution in [0.2, 0.25) is 0 Å². The summed E-state index contributed by atoms with van der Waals surface area (Å²) in [5.41, 5.74) is -0.322. The molecule has 0 fully saturated rings. The molecule has 0 N–H and O–H groups in total. The minimum Gasteiger partial charge on any atom is -0.484 e. The molecule has 0 aliphatic carbocycles. The summed E-state index contributed by atoms with van der Waals surface area (Å²) < 4.78 is 16.2. The maximum atomic E-state index is 11.8. The van der Waals surface area contributed by atoms with Crippen LogP contribution in [0.5, 0.6) is 11.5 Å². The van der Waals surface area contributed by atoms with E-state index < -0.39 is 17.2 Å². The average Bonchev–Trinajstić information content (AvgIpc) is 2.37. The van der Waals surface area contributed by atoms with Gasteiger partial charge in [0.15, 0.2) is 11.5 Å². The van der Waals surface area contributed by atoms with Gasteiger partial charge >= 0.3 is 11.6 Å². The van der Waals surface area contributed by atoms with Crippen LogP contribution in [0, 0.1) is 0 Å². The molecule has 1 aromatic carbocycles. The zero-order chi connectivity index (χ0) is 16.5. The molecular weight excluding hydrogens is 284 g/mol. The van der Waals surface area contributed by atoms with Crippen molar-refractivity contribution in [3.8, 4) is 11.5 Å². The van der Waals surface area contributed by atoms with Crippen molar-refractivity contribution < 1.29 is 18.7 Å². The Morgan fingerprint density at radius 2 is 1.86 bits per heavy atom. The highest BCUT2D eigenvalue weighted by Crippen LogP contribution is 2.34. The fourth-order valence-electron chi connectivity index (χ4n) is 1.75. The maximum absolute atomic E-state index is 11.8. The number of ether oxygens (including phenoxy) is 2. The van der Waals surface area contributed by atoms with Gasteiger partial charge in [0, 0.05) is 23.1 Å². The van der Waals surface area contributed by atoms with E-state index in [1.165, 1.54) is 6.07 Å². The molecule has 0 spiro atoms. The predicted octanol–water partition coefficient (Wildman–Crippen LogP) is 3.45. The van der Waals surface area contributed by atoms with Crippen molar-refractivity contribution in [2.45, 2.75) is 33.3 Å². The quantitative estimate of drug-likeness (QED) is 0.376. The van der Waals surface area contributed by atoms with Gasteiger partial charge in [-0.1, -0.05) is 6.58 Å². The Kier molecular flexibility index (Phi) is 4.08. The third-order valence-electron chi connectivity index (χ3n) is 2.65. The third kappa shape index (κ3) is 3.75. The van der Waals surface area contributed by atoms with E-state index >= 15 is 0 Å². The summed E-state index contributed by atoms with van der Waals surface area (Å²) in [6.07, 6.45) is 0. The Morgan fingerprint density at radius 3 is 2.45 bits per heavy atom. The number of esters is 1. The van der Waals surface area contributed by atoms with E-state index in [2.05, 4.69) is 6.58 Å². The van der Waals surface area contributed by atoms with Crippen LogP contribution < -0.4 is 15.1 Å². The van der Waals surface area contributed by atoms with Crippen LogP contribution in [0.15, 0.2) is 45.6 Å². The number of rotatable bonds is 3. The van der Waals surface area contributed by atoms with E-state index in [0.717, 1.165) is 0 Å². The summed E-state index contributed by atoms with van der Waals surface area (Å²) in [6.45, 7) is 10.7. The molecule has 0 aliphatic heterocycles. The van der Waals surface area contributed by atoms with Gasteiger partial charge < -0.3 is 13.9 Å². The van der Waals surface area contributed by atoms with Crippen molar-refractivity contribution in [3.05, 3.63) is 46.8 Å². The first-order valence-electron chi connectivity index (χ1n) is 6.80. The molecule has 1 aromatic heterocycles. The molecule has 1 heterocycles. The van der Waals surface area contributed by atoms with E-state index in [9.17, 15) is 9.59 Å². The smallest absolute Gasteiger partial charge is 0.338 e. The van der Waals surface area contributed by atoms with E-state index in [4.69, 9.17) is 13.9 Å². The molecule has 0 unspecified atom stereocenters. The monoisotopic (exact) mass is 302 g/mol. The lowest BCUT2D eigenvalue weighted by Gasteiger charge is -2.23. The second-order valence-electron chi connectivity index (χ2n) is 5.98. The van der Waals surface area contributed by atoms with Gasteiger partial charge in [-0.3, -0.25) is 0 Å². The van der Waals surface area contributed by atoms with Gasteiger partial charge in [0.25, 0.3) is 0 Å². The van der Waals surface area contributed by atoms with Gasteiger partial charge in [0.1, 0.15) is 11.2 Å². The van der Waals surface area contributed by atoms with Crippen molar-refractivity contribution in [2.24, 2.45) is 0 Å². The van der Waals surface area contributed by atoms with E-state index in [1.807, 2.05) is 20.8 Å². The van der Waals surface area contributed by atoms with Crippen LogP contribution >= 0.6 is 0 Å². The van der Waals surface area contributed by atoms with E-state index in [1.54, 1.807) is 25.1 Å². The normalized spacial score (nSPS) is 11.3. The van der Waals surface area contributed by atoms with Crippen LogP contribution in [-0.4, -0.2) is 11.6 Å². The molecule has 0 bridgehead atoms. The first kappa shape index (κ1) is 15.8. The Labute approximate surface area is 128 Å². The average molecular weight is 302 g/mol. The standard InChI is InChI=1S/C17H18O5/c1-10(2)16(19)21-13-8-11-6-7-15(18)20-12(11)9-14(13)22-17(3,4)5/h6-9H,1H2,2-5H3. The van der Waals surface area contributed by atoms with Crippen LogP contribution in [0.25, 0.3) is 11.0 Å². The minimum atomic E-state index is -0.546. The molecular formula is C17H18O5. The maximum Gasteiger partial charge on any atom is 0.338 e. The van der Waals surface area contributed by atoms with Crippen LogP contribution in [0.4, 0.5) is 0 Å². The van der Waals surface area contributed by atoms with Crippen molar-refractivity contribution in [1.82, 2.24) is 0 Å². The molecule has 22 heavy (non-hydrogen) atoms. The van der Waals surface area contributed by atoms with Gasteiger partial charge in [0.2, 0.25) is 0 Å². The van der Waals surface area contributed by atoms with Crippen molar-refractivity contribution in [2.75, 3.05) is 0 Å². The van der Waals surface area contributed by atoms with Gasteiger partial charge in [0.05, 0.1) is 0 Å². The lowest BCUT2D eigenvalue weighted by molar-refractivity contribution is -0.130. The number of hydrogen-bond donors (Lipinski definition) is 0. The van der Waals surface area contributed by atoms with Gasteiger partial charge in [-0.25, -0.2) is 9.59 Å². The van der Waals surface area contributed by atoms with Crippen molar-refractivity contribution >= 4 is 16.9 Å². The number of hydrogen-bond acceptors (Lipinski definition) is 5. The van der Waals surface area contributed by atoms with Gasteiger partial charge in [-0.15, -0.1) is 0 Å². The van der Waals surface area contributed by atoms with E-state index in [0.29, 0.717) is 16.7 Å². The highest BCUT2D eigenvalue weighted by atomic mass is 16.6. The molecule has 5 heteroatoms. The lowest BCUT2D eigenvalue weighted by atomic mass is 10.1. The Hall–Kier alpha value is -2.56. The summed E-state index contributed by atoms with van der Waals surface area (Å²) in [6, 6.07) is 6.04. The number of carbonyl (C=O) groups excluding carboxylic acids is 1. The molecule has 2 aromatic rings. The topological polar surface area (TPSA) is 65.7 Å². The van der Waals surface area contributed by atoms with Crippen LogP contribution in [-0.2, 0) is 4.79 Å². The second-order valence-corrected chi connectivity index (χ2v) is 5.98. The minimum absolute atomic E-state index is 0.254. The lowest BCUT2D eigenvalue weighted by Crippen LogP contribution is -2.23. The fourth-order valence-corrected chi connectivity index (χ4v) is 1.75. The predicted molar refractivity (Wildman–Crippen MR) is 83.3 cm³/mol. The molecule has 2 rings (SSSR count). The molecule has 0 amide bonds.